The fourth-order valence-corrected chi connectivity index (χ4v) is 2.44. The number of rotatable bonds is 5. The second kappa shape index (κ2) is 3.62. The molecule has 2 fully saturated rings. The second-order valence-corrected chi connectivity index (χ2v) is 4.64. The van der Waals surface area contributed by atoms with Gasteiger partial charge in [0, 0.05) is 5.92 Å². The Hall–Kier alpha value is -0.860. The minimum atomic E-state index is -0.730. The van der Waals surface area contributed by atoms with Crippen LogP contribution in [0.5, 0.6) is 0 Å². The van der Waals surface area contributed by atoms with Crippen LogP contribution in [-0.2, 0) is 14.3 Å². The van der Waals surface area contributed by atoms with E-state index in [2.05, 4.69) is 0 Å². The van der Waals surface area contributed by atoms with Crippen molar-refractivity contribution >= 4 is 11.8 Å². The summed E-state index contributed by atoms with van der Waals surface area (Å²) < 4.78 is 5.04. The van der Waals surface area contributed by atoms with Crippen molar-refractivity contribution in [1.29, 1.82) is 0 Å². The van der Waals surface area contributed by atoms with Crippen molar-refractivity contribution in [3.05, 3.63) is 0 Å². The number of ether oxygens (including phenoxy) is 1. The van der Waals surface area contributed by atoms with Crippen LogP contribution < -0.4 is 0 Å². The second-order valence-electron chi connectivity index (χ2n) is 4.64. The average Bonchev–Trinajstić information content (AvgIpc) is 3.11. The highest BCUT2D eigenvalue weighted by molar-refractivity contribution is 6.09. The van der Waals surface area contributed by atoms with Crippen molar-refractivity contribution in [1.82, 2.24) is 0 Å². The van der Waals surface area contributed by atoms with Crippen LogP contribution in [0.25, 0.3) is 0 Å². The third-order valence-corrected chi connectivity index (χ3v) is 3.63. The highest BCUT2D eigenvalue weighted by atomic mass is 16.5. The summed E-state index contributed by atoms with van der Waals surface area (Å²) in [6.45, 7) is 4.19. The molecule has 0 spiro atoms. The van der Waals surface area contributed by atoms with Gasteiger partial charge in [-0.1, -0.05) is 13.3 Å². The minimum Gasteiger partial charge on any atom is -0.465 e. The van der Waals surface area contributed by atoms with Crippen LogP contribution in [0, 0.1) is 17.3 Å². The largest absolute Gasteiger partial charge is 0.465 e. The Morgan fingerprint density at radius 3 is 2.40 bits per heavy atom. The van der Waals surface area contributed by atoms with E-state index in [1.807, 2.05) is 6.92 Å². The van der Waals surface area contributed by atoms with E-state index < -0.39 is 5.41 Å². The molecule has 0 radical (unpaired) electrons. The van der Waals surface area contributed by atoms with Gasteiger partial charge in [0.2, 0.25) is 0 Å². The van der Waals surface area contributed by atoms with Gasteiger partial charge >= 0.3 is 5.97 Å². The van der Waals surface area contributed by atoms with Crippen molar-refractivity contribution in [2.24, 2.45) is 17.3 Å². The molecule has 15 heavy (non-hydrogen) atoms. The first kappa shape index (κ1) is 10.7. The molecule has 3 nitrogen and oxygen atoms in total. The smallest absolute Gasteiger partial charge is 0.319 e. The molecule has 2 aliphatic rings. The molecule has 0 saturated heterocycles. The molecule has 0 aromatic carbocycles. The van der Waals surface area contributed by atoms with Gasteiger partial charge < -0.3 is 4.74 Å². The number of carbonyl (C=O) groups excluding carboxylic acids is 2. The average molecular weight is 210 g/mol. The van der Waals surface area contributed by atoms with Crippen molar-refractivity contribution in [2.75, 3.05) is 6.61 Å². The van der Waals surface area contributed by atoms with Crippen molar-refractivity contribution in [3.8, 4) is 0 Å². The van der Waals surface area contributed by atoms with Gasteiger partial charge in [-0.25, -0.2) is 0 Å². The van der Waals surface area contributed by atoms with E-state index in [9.17, 15) is 9.59 Å². The quantitative estimate of drug-likeness (QED) is 0.514. The molecule has 2 atom stereocenters. The Kier molecular flexibility index (Phi) is 2.57. The van der Waals surface area contributed by atoms with Gasteiger partial charge in [0.15, 0.2) is 5.78 Å². The maximum absolute atomic E-state index is 12.1. The molecule has 2 unspecified atom stereocenters. The number of Topliss-reactive ketones (excluding diaryl/α,β-unsaturated/α-hetero) is 1. The van der Waals surface area contributed by atoms with Crippen LogP contribution in [0.2, 0.25) is 0 Å². The lowest BCUT2D eigenvalue weighted by molar-refractivity contribution is -0.154. The molecule has 0 aromatic rings. The van der Waals surface area contributed by atoms with Crippen molar-refractivity contribution < 1.29 is 14.3 Å². The molecule has 0 aromatic heterocycles. The summed E-state index contributed by atoms with van der Waals surface area (Å²) in [6.07, 6.45) is 3.56. The zero-order valence-electron chi connectivity index (χ0n) is 9.41. The third kappa shape index (κ3) is 1.58. The van der Waals surface area contributed by atoms with Gasteiger partial charge in [-0.05, 0) is 32.1 Å². The Morgan fingerprint density at radius 1 is 1.33 bits per heavy atom. The SMILES string of the molecule is CCOC(=O)C1(C(=O)C2CC2)CC1CC. The molecule has 0 amide bonds. The molecule has 3 heteroatoms. The standard InChI is InChI=1S/C12H18O3/c1-3-9-7-12(9,11(14)15-4-2)10(13)8-5-6-8/h8-9H,3-7H2,1-2H3. The summed E-state index contributed by atoms with van der Waals surface area (Å²) in [7, 11) is 0. The Balaban J connectivity index is 2.11. The molecule has 84 valence electrons. The van der Waals surface area contributed by atoms with Crippen LogP contribution in [0.4, 0.5) is 0 Å². The summed E-state index contributed by atoms with van der Waals surface area (Å²) in [4.78, 5) is 23.9. The Bertz CT molecular complexity index is 293. The van der Waals surface area contributed by atoms with Gasteiger partial charge in [-0.3, -0.25) is 9.59 Å². The molecule has 2 rings (SSSR count). The maximum atomic E-state index is 12.1. The number of ketones is 1. The number of carbonyl (C=O) groups is 2. The lowest BCUT2D eigenvalue weighted by Gasteiger charge is -2.13. The monoisotopic (exact) mass is 210 g/mol. The molecular weight excluding hydrogens is 192 g/mol. The first-order chi connectivity index (χ1) is 7.16. The highest BCUT2D eigenvalue weighted by Crippen LogP contribution is 2.59. The fourth-order valence-electron chi connectivity index (χ4n) is 2.44. The molecule has 0 heterocycles. The van der Waals surface area contributed by atoms with E-state index in [0.717, 1.165) is 25.7 Å². The maximum Gasteiger partial charge on any atom is 0.319 e. The summed E-state index contributed by atoms with van der Waals surface area (Å²) in [5.41, 5.74) is -0.730. The number of esters is 1. The zero-order valence-corrected chi connectivity index (χ0v) is 9.41. The van der Waals surface area contributed by atoms with E-state index >= 15 is 0 Å². The van der Waals surface area contributed by atoms with Crippen LogP contribution in [0.3, 0.4) is 0 Å². The van der Waals surface area contributed by atoms with Gasteiger partial charge in [-0.15, -0.1) is 0 Å². The van der Waals surface area contributed by atoms with Gasteiger partial charge in [0.05, 0.1) is 6.61 Å². The summed E-state index contributed by atoms with van der Waals surface area (Å²) in [5.74, 6) is 0.289. The summed E-state index contributed by atoms with van der Waals surface area (Å²) in [6, 6.07) is 0. The Labute approximate surface area is 90.2 Å². The van der Waals surface area contributed by atoms with Crippen LogP contribution >= 0.6 is 0 Å². The minimum absolute atomic E-state index is 0.158. The number of hydrogen-bond acceptors (Lipinski definition) is 3. The zero-order chi connectivity index (χ0) is 11.1. The molecule has 0 aliphatic heterocycles. The van der Waals surface area contributed by atoms with E-state index in [1.165, 1.54) is 0 Å². The molecule has 0 bridgehead atoms. The molecule has 0 N–H and O–H groups in total. The first-order valence-electron chi connectivity index (χ1n) is 5.88. The molecule has 2 aliphatic carbocycles. The van der Waals surface area contributed by atoms with Crippen molar-refractivity contribution in [3.63, 3.8) is 0 Å². The predicted molar refractivity (Wildman–Crippen MR) is 55.2 cm³/mol. The van der Waals surface area contributed by atoms with E-state index in [4.69, 9.17) is 4.74 Å². The lowest BCUT2D eigenvalue weighted by atomic mass is 9.93. The van der Waals surface area contributed by atoms with Crippen LogP contribution in [0.15, 0.2) is 0 Å². The van der Waals surface area contributed by atoms with Gasteiger partial charge in [0.25, 0.3) is 0 Å². The number of hydrogen-bond donors (Lipinski definition) is 0. The molecular formula is C12H18O3. The van der Waals surface area contributed by atoms with E-state index in [1.54, 1.807) is 6.92 Å². The van der Waals surface area contributed by atoms with Gasteiger partial charge in [0.1, 0.15) is 5.41 Å². The van der Waals surface area contributed by atoms with Crippen molar-refractivity contribution in [2.45, 2.75) is 39.5 Å². The van der Waals surface area contributed by atoms with Crippen LogP contribution in [-0.4, -0.2) is 18.4 Å². The molecule has 2 saturated carbocycles. The Morgan fingerprint density at radius 2 is 2.00 bits per heavy atom. The fraction of sp³-hybridized carbons (Fsp3) is 0.833. The van der Waals surface area contributed by atoms with E-state index in [0.29, 0.717) is 6.61 Å². The highest BCUT2D eigenvalue weighted by Gasteiger charge is 2.67. The topological polar surface area (TPSA) is 43.4 Å². The summed E-state index contributed by atoms with van der Waals surface area (Å²) in [5, 5.41) is 0. The third-order valence-electron chi connectivity index (χ3n) is 3.63. The predicted octanol–water partition coefficient (Wildman–Crippen LogP) is 1.94. The summed E-state index contributed by atoms with van der Waals surface area (Å²) >= 11 is 0. The first-order valence-corrected chi connectivity index (χ1v) is 5.88. The van der Waals surface area contributed by atoms with Crippen LogP contribution in [0.1, 0.15) is 39.5 Å². The van der Waals surface area contributed by atoms with Gasteiger partial charge in [-0.2, -0.15) is 0 Å². The lowest BCUT2D eigenvalue weighted by Crippen LogP contribution is -2.31. The van der Waals surface area contributed by atoms with E-state index in [-0.39, 0.29) is 23.6 Å². The normalized spacial score (nSPS) is 33.6.